The SMILES string of the molecule is O=C(NCc1cccnc1Oc1cccc(F)c1)[C@@H]1Cc2ccccc2O1. The van der Waals surface area contributed by atoms with Gasteiger partial charge in [-0.1, -0.05) is 30.3 Å². The molecule has 2 aromatic carbocycles. The highest BCUT2D eigenvalue weighted by Crippen LogP contribution is 2.28. The number of hydrogen-bond donors (Lipinski definition) is 1. The maximum Gasteiger partial charge on any atom is 0.261 e. The topological polar surface area (TPSA) is 60.5 Å². The van der Waals surface area contributed by atoms with Gasteiger partial charge in [0.05, 0.1) is 0 Å². The summed E-state index contributed by atoms with van der Waals surface area (Å²) >= 11 is 0. The number of aromatic nitrogens is 1. The van der Waals surface area contributed by atoms with Gasteiger partial charge in [0.15, 0.2) is 6.10 Å². The molecular weight excluding hydrogens is 347 g/mol. The molecule has 3 aromatic rings. The van der Waals surface area contributed by atoms with Crippen molar-refractivity contribution in [1.29, 1.82) is 0 Å². The Hall–Kier alpha value is -3.41. The molecule has 1 amide bonds. The number of ether oxygens (including phenoxy) is 2. The predicted molar refractivity (Wildman–Crippen MR) is 97.1 cm³/mol. The number of amides is 1. The smallest absolute Gasteiger partial charge is 0.261 e. The predicted octanol–water partition coefficient (Wildman–Crippen LogP) is 3.63. The summed E-state index contributed by atoms with van der Waals surface area (Å²) in [5.74, 6) is 0.812. The molecule has 1 aliphatic heterocycles. The van der Waals surface area contributed by atoms with Gasteiger partial charge in [0.1, 0.15) is 17.3 Å². The molecule has 0 spiro atoms. The Morgan fingerprint density at radius 1 is 1.19 bits per heavy atom. The second-order valence-corrected chi connectivity index (χ2v) is 6.16. The highest BCUT2D eigenvalue weighted by atomic mass is 19.1. The van der Waals surface area contributed by atoms with Gasteiger partial charge in [-0.05, 0) is 29.8 Å². The van der Waals surface area contributed by atoms with Gasteiger partial charge in [0.2, 0.25) is 5.88 Å². The lowest BCUT2D eigenvalue weighted by atomic mass is 10.1. The first-order chi connectivity index (χ1) is 13.2. The van der Waals surface area contributed by atoms with E-state index >= 15 is 0 Å². The Morgan fingerprint density at radius 3 is 2.93 bits per heavy atom. The highest BCUT2D eigenvalue weighted by Gasteiger charge is 2.28. The first kappa shape index (κ1) is 17.0. The van der Waals surface area contributed by atoms with Crippen molar-refractivity contribution in [2.24, 2.45) is 0 Å². The molecule has 2 heterocycles. The summed E-state index contributed by atoms with van der Waals surface area (Å²) in [6.45, 7) is 0.230. The second kappa shape index (κ2) is 7.45. The molecule has 6 heteroatoms. The van der Waals surface area contributed by atoms with Crippen molar-refractivity contribution < 1.29 is 18.7 Å². The summed E-state index contributed by atoms with van der Waals surface area (Å²) in [6, 6.07) is 17.0. The Kier molecular flexibility index (Phi) is 4.70. The molecule has 27 heavy (non-hydrogen) atoms. The van der Waals surface area contributed by atoms with Crippen molar-refractivity contribution in [3.05, 3.63) is 83.8 Å². The second-order valence-electron chi connectivity index (χ2n) is 6.16. The summed E-state index contributed by atoms with van der Waals surface area (Å²) in [6.07, 6.45) is 1.57. The molecule has 0 radical (unpaired) electrons. The van der Waals surface area contributed by atoms with Gasteiger partial charge in [-0.15, -0.1) is 0 Å². The maximum absolute atomic E-state index is 13.3. The molecule has 5 nitrogen and oxygen atoms in total. The number of nitrogens with one attached hydrogen (secondary N) is 1. The number of benzene rings is 2. The van der Waals surface area contributed by atoms with Crippen LogP contribution in [0.4, 0.5) is 4.39 Å². The van der Waals surface area contributed by atoms with E-state index in [4.69, 9.17) is 9.47 Å². The number of pyridine rings is 1. The van der Waals surface area contributed by atoms with E-state index in [9.17, 15) is 9.18 Å². The van der Waals surface area contributed by atoms with Crippen LogP contribution in [-0.4, -0.2) is 17.0 Å². The van der Waals surface area contributed by atoms with E-state index in [0.29, 0.717) is 23.6 Å². The summed E-state index contributed by atoms with van der Waals surface area (Å²) in [4.78, 5) is 16.6. The summed E-state index contributed by atoms with van der Waals surface area (Å²) in [5, 5.41) is 2.86. The van der Waals surface area contributed by atoms with Crippen molar-refractivity contribution in [2.75, 3.05) is 0 Å². The van der Waals surface area contributed by atoms with Crippen LogP contribution in [0, 0.1) is 5.82 Å². The Balaban J connectivity index is 1.41. The molecule has 1 atom stereocenters. The summed E-state index contributed by atoms with van der Waals surface area (Å²) < 4.78 is 24.7. The van der Waals surface area contributed by atoms with Crippen LogP contribution in [0.5, 0.6) is 17.4 Å². The number of rotatable bonds is 5. The largest absolute Gasteiger partial charge is 0.480 e. The van der Waals surface area contributed by atoms with Crippen LogP contribution in [0.25, 0.3) is 0 Å². The minimum Gasteiger partial charge on any atom is -0.480 e. The molecule has 0 fully saturated rings. The standard InChI is InChI=1S/C21H17FN2O3/c22-16-7-3-8-17(12-16)26-21-15(6-4-10-23-21)13-24-20(25)19-11-14-5-1-2-9-18(14)27-19/h1-10,12,19H,11,13H2,(H,24,25)/t19-/m0/s1. The van der Waals surface area contributed by atoms with Gasteiger partial charge in [-0.3, -0.25) is 4.79 Å². The Labute approximate surface area is 155 Å². The quantitative estimate of drug-likeness (QED) is 0.751. The highest BCUT2D eigenvalue weighted by molar-refractivity contribution is 5.82. The normalized spacial score (nSPS) is 14.9. The van der Waals surface area contributed by atoms with E-state index < -0.39 is 11.9 Å². The molecule has 0 aliphatic carbocycles. The fraction of sp³-hybridized carbons (Fsp3) is 0.143. The van der Waals surface area contributed by atoms with Crippen LogP contribution < -0.4 is 14.8 Å². The van der Waals surface area contributed by atoms with Crippen LogP contribution in [0.15, 0.2) is 66.9 Å². The van der Waals surface area contributed by atoms with Crippen LogP contribution >= 0.6 is 0 Å². The maximum atomic E-state index is 13.3. The van der Waals surface area contributed by atoms with Gasteiger partial charge in [-0.2, -0.15) is 0 Å². The molecule has 1 aliphatic rings. The number of nitrogens with zero attached hydrogens (tertiary/aromatic N) is 1. The first-order valence-electron chi connectivity index (χ1n) is 8.58. The monoisotopic (exact) mass is 364 g/mol. The summed E-state index contributed by atoms with van der Waals surface area (Å²) in [5.41, 5.74) is 1.71. The van der Waals surface area contributed by atoms with Gasteiger partial charge in [0.25, 0.3) is 5.91 Å². The van der Waals surface area contributed by atoms with Crippen molar-refractivity contribution in [1.82, 2.24) is 10.3 Å². The molecule has 0 saturated heterocycles. The van der Waals surface area contributed by atoms with Gasteiger partial charge in [0, 0.05) is 30.8 Å². The number of hydrogen-bond acceptors (Lipinski definition) is 4. The Bertz CT molecular complexity index is 952. The molecule has 136 valence electrons. The third kappa shape index (κ3) is 3.89. The van der Waals surface area contributed by atoms with Crippen molar-refractivity contribution in [3.63, 3.8) is 0 Å². The lowest BCUT2D eigenvalue weighted by Crippen LogP contribution is -2.37. The zero-order chi connectivity index (χ0) is 18.6. The zero-order valence-electron chi connectivity index (χ0n) is 14.4. The van der Waals surface area contributed by atoms with Crippen molar-refractivity contribution in [3.8, 4) is 17.4 Å². The number of halogens is 1. The fourth-order valence-electron chi connectivity index (χ4n) is 2.92. The van der Waals surface area contributed by atoms with Crippen LogP contribution in [0.3, 0.4) is 0 Å². The fourth-order valence-corrected chi connectivity index (χ4v) is 2.92. The van der Waals surface area contributed by atoms with Crippen molar-refractivity contribution >= 4 is 5.91 Å². The molecule has 0 saturated carbocycles. The minimum absolute atomic E-state index is 0.202. The van der Waals surface area contributed by atoms with Crippen LogP contribution in [0.1, 0.15) is 11.1 Å². The third-order valence-electron chi connectivity index (χ3n) is 4.25. The van der Waals surface area contributed by atoms with Gasteiger partial charge >= 0.3 is 0 Å². The number of carbonyl (C=O) groups excluding carboxylic acids is 1. The van der Waals surface area contributed by atoms with E-state index in [-0.39, 0.29) is 12.5 Å². The summed E-state index contributed by atoms with van der Waals surface area (Å²) in [7, 11) is 0. The average Bonchev–Trinajstić information content (AvgIpc) is 3.11. The lowest BCUT2D eigenvalue weighted by molar-refractivity contribution is -0.127. The van der Waals surface area contributed by atoms with E-state index in [1.165, 1.54) is 12.1 Å². The van der Waals surface area contributed by atoms with E-state index in [0.717, 1.165) is 11.3 Å². The molecule has 1 N–H and O–H groups in total. The minimum atomic E-state index is -0.549. The molecule has 0 unspecified atom stereocenters. The number of para-hydroxylation sites is 1. The van der Waals surface area contributed by atoms with Crippen molar-refractivity contribution in [2.45, 2.75) is 19.1 Å². The lowest BCUT2D eigenvalue weighted by Gasteiger charge is -2.13. The van der Waals surface area contributed by atoms with E-state index in [1.54, 1.807) is 30.5 Å². The van der Waals surface area contributed by atoms with Gasteiger partial charge < -0.3 is 14.8 Å². The van der Waals surface area contributed by atoms with Crippen LogP contribution in [-0.2, 0) is 17.8 Å². The van der Waals surface area contributed by atoms with E-state index in [2.05, 4.69) is 10.3 Å². The first-order valence-corrected chi connectivity index (χ1v) is 8.58. The Morgan fingerprint density at radius 2 is 2.07 bits per heavy atom. The number of carbonyl (C=O) groups is 1. The zero-order valence-corrected chi connectivity index (χ0v) is 14.4. The molecule has 1 aromatic heterocycles. The average molecular weight is 364 g/mol. The molecular formula is C21H17FN2O3. The third-order valence-corrected chi connectivity index (χ3v) is 4.25. The molecule has 0 bridgehead atoms. The van der Waals surface area contributed by atoms with Crippen LogP contribution in [0.2, 0.25) is 0 Å². The molecule has 4 rings (SSSR count). The van der Waals surface area contributed by atoms with Gasteiger partial charge in [-0.25, -0.2) is 9.37 Å². The number of fused-ring (bicyclic) bond motifs is 1. The van der Waals surface area contributed by atoms with E-state index in [1.807, 2.05) is 24.3 Å².